The van der Waals surface area contributed by atoms with Crippen LogP contribution in [0.15, 0.2) is 34.2 Å². The van der Waals surface area contributed by atoms with Gasteiger partial charge in [-0.05, 0) is 18.4 Å². The lowest BCUT2D eigenvalue weighted by molar-refractivity contribution is 0.589. The smallest absolute Gasteiger partial charge is 0.241 e. The Bertz CT molecular complexity index is 525. The van der Waals surface area contributed by atoms with Crippen molar-refractivity contribution in [3.63, 3.8) is 0 Å². The third-order valence-corrected chi connectivity index (χ3v) is 4.70. The number of hydrogen-bond acceptors (Lipinski definition) is 4. The Morgan fingerprint density at radius 1 is 1.50 bits per heavy atom. The maximum Gasteiger partial charge on any atom is 0.278 e. The first kappa shape index (κ1) is 9.42. The zero-order chi connectivity index (χ0) is 10.2. The first-order chi connectivity index (χ1) is 6.60. The minimum absolute atomic E-state index is 0.329. The van der Waals surface area contributed by atoms with Crippen LogP contribution in [0.1, 0.15) is 5.69 Å². The van der Waals surface area contributed by atoms with E-state index in [9.17, 15) is 8.42 Å². The summed E-state index contributed by atoms with van der Waals surface area (Å²) in [4.78, 5) is 3.88. The van der Waals surface area contributed by atoms with E-state index in [-0.39, 0.29) is 0 Å². The normalized spacial score (nSPS) is 11.8. The highest BCUT2D eigenvalue weighted by Crippen LogP contribution is 2.18. The second-order valence-electron chi connectivity index (χ2n) is 2.78. The second kappa shape index (κ2) is 3.21. The van der Waals surface area contributed by atoms with E-state index in [1.807, 2.05) is 0 Å². The lowest BCUT2D eigenvalue weighted by atomic mass is 10.6. The molecule has 0 fully saturated rings. The minimum atomic E-state index is -3.40. The molecule has 4 nitrogen and oxygen atoms in total. The lowest BCUT2D eigenvalue weighted by Crippen LogP contribution is -2.08. The number of thiophene rings is 1. The summed E-state index contributed by atoms with van der Waals surface area (Å²) in [6.45, 7) is 1.75. The first-order valence-electron chi connectivity index (χ1n) is 3.90. The van der Waals surface area contributed by atoms with Crippen LogP contribution >= 0.6 is 11.3 Å². The molecular weight excluding hydrogens is 220 g/mol. The molecule has 0 N–H and O–H groups in total. The Labute approximate surface area is 85.9 Å². The van der Waals surface area contributed by atoms with Crippen molar-refractivity contribution < 1.29 is 8.42 Å². The van der Waals surface area contributed by atoms with Crippen LogP contribution in [0.2, 0.25) is 0 Å². The Morgan fingerprint density at radius 2 is 2.29 bits per heavy atom. The van der Waals surface area contributed by atoms with Crippen molar-refractivity contribution in [3.8, 4) is 0 Å². The molecule has 14 heavy (non-hydrogen) atoms. The van der Waals surface area contributed by atoms with Crippen molar-refractivity contribution in [2.24, 2.45) is 0 Å². The molecule has 0 aromatic carbocycles. The van der Waals surface area contributed by atoms with E-state index in [1.54, 1.807) is 24.4 Å². The van der Waals surface area contributed by atoms with Crippen LogP contribution in [-0.4, -0.2) is 17.4 Å². The van der Waals surface area contributed by atoms with E-state index in [0.29, 0.717) is 9.90 Å². The van der Waals surface area contributed by atoms with Gasteiger partial charge in [-0.25, -0.2) is 8.96 Å². The van der Waals surface area contributed by atoms with E-state index in [0.717, 1.165) is 3.97 Å². The van der Waals surface area contributed by atoms with Crippen LogP contribution < -0.4 is 0 Å². The molecule has 2 aromatic rings. The Morgan fingerprint density at radius 3 is 2.79 bits per heavy atom. The van der Waals surface area contributed by atoms with Crippen LogP contribution in [0, 0.1) is 6.92 Å². The summed E-state index contributed by atoms with van der Waals surface area (Å²) in [5, 5.41) is 1.73. The third kappa shape index (κ3) is 1.46. The number of aromatic nitrogens is 2. The number of nitrogens with zero attached hydrogens (tertiary/aromatic N) is 2. The Balaban J connectivity index is 2.54. The van der Waals surface area contributed by atoms with Gasteiger partial charge >= 0.3 is 0 Å². The molecule has 74 valence electrons. The van der Waals surface area contributed by atoms with E-state index in [2.05, 4.69) is 4.98 Å². The zero-order valence-corrected chi connectivity index (χ0v) is 9.05. The summed E-state index contributed by atoms with van der Waals surface area (Å²) in [6, 6.07) is 3.29. The summed E-state index contributed by atoms with van der Waals surface area (Å²) in [5.41, 5.74) is 0.685. The van der Waals surface area contributed by atoms with Gasteiger partial charge in [-0.15, -0.1) is 11.3 Å². The van der Waals surface area contributed by atoms with Gasteiger partial charge in [-0.1, -0.05) is 6.07 Å². The molecule has 0 aliphatic heterocycles. The predicted molar refractivity (Wildman–Crippen MR) is 53.9 cm³/mol. The van der Waals surface area contributed by atoms with Gasteiger partial charge in [0.2, 0.25) is 0 Å². The maximum absolute atomic E-state index is 11.8. The van der Waals surface area contributed by atoms with Crippen LogP contribution in [0.25, 0.3) is 0 Å². The van der Waals surface area contributed by atoms with Crippen molar-refractivity contribution in [2.75, 3.05) is 0 Å². The summed E-state index contributed by atoms with van der Waals surface area (Å²) >= 11 is 1.20. The van der Waals surface area contributed by atoms with Crippen molar-refractivity contribution in [3.05, 3.63) is 35.7 Å². The average molecular weight is 228 g/mol. The summed E-state index contributed by atoms with van der Waals surface area (Å²) in [6.07, 6.45) is 2.80. The molecule has 0 amide bonds. The second-order valence-corrected chi connectivity index (χ2v) is 5.80. The summed E-state index contributed by atoms with van der Waals surface area (Å²) in [7, 11) is -3.40. The number of hydrogen-bond donors (Lipinski definition) is 0. The zero-order valence-electron chi connectivity index (χ0n) is 7.41. The van der Waals surface area contributed by atoms with Crippen LogP contribution in [-0.2, 0) is 10.0 Å². The van der Waals surface area contributed by atoms with E-state index in [4.69, 9.17) is 0 Å². The highest BCUT2D eigenvalue weighted by molar-refractivity contribution is 7.92. The molecule has 0 saturated carbocycles. The molecular formula is C8H8N2O2S2. The number of aryl methyl sites for hydroxylation is 1. The highest BCUT2D eigenvalue weighted by Gasteiger charge is 2.17. The monoisotopic (exact) mass is 228 g/mol. The molecule has 0 radical (unpaired) electrons. The van der Waals surface area contributed by atoms with E-state index < -0.39 is 10.0 Å². The van der Waals surface area contributed by atoms with Crippen molar-refractivity contribution in [1.29, 1.82) is 0 Å². The van der Waals surface area contributed by atoms with E-state index in [1.165, 1.54) is 23.9 Å². The van der Waals surface area contributed by atoms with Gasteiger partial charge in [0.25, 0.3) is 10.0 Å². The fourth-order valence-electron chi connectivity index (χ4n) is 1.04. The molecule has 0 bridgehead atoms. The highest BCUT2D eigenvalue weighted by atomic mass is 32.2. The van der Waals surface area contributed by atoms with E-state index >= 15 is 0 Å². The largest absolute Gasteiger partial charge is 0.278 e. The third-order valence-electron chi connectivity index (χ3n) is 1.72. The van der Waals surface area contributed by atoms with Gasteiger partial charge in [0.05, 0.1) is 5.69 Å². The summed E-state index contributed by atoms with van der Waals surface area (Å²) < 4.78 is 25.1. The molecule has 0 spiro atoms. The van der Waals surface area contributed by atoms with Gasteiger partial charge in [0, 0.05) is 6.20 Å². The molecule has 2 rings (SSSR count). The molecule has 2 heterocycles. The topological polar surface area (TPSA) is 52.0 Å². The van der Waals surface area contributed by atoms with Gasteiger partial charge in [-0.2, -0.15) is 8.42 Å². The first-order valence-corrected chi connectivity index (χ1v) is 6.22. The number of imidazole rings is 1. The standard InChI is InChI=1S/C8H8N2O2S2/c1-7-5-10(6-9-7)14(11,12)8-3-2-4-13-8/h2-6H,1H3. The molecule has 0 aliphatic carbocycles. The SMILES string of the molecule is Cc1cn(S(=O)(=O)c2cccs2)cn1. The molecule has 6 heteroatoms. The van der Waals surface area contributed by atoms with Crippen LogP contribution in [0.5, 0.6) is 0 Å². The van der Waals surface area contributed by atoms with Crippen molar-refractivity contribution in [2.45, 2.75) is 11.1 Å². The maximum atomic E-state index is 11.8. The molecule has 0 saturated heterocycles. The van der Waals surface area contributed by atoms with Crippen molar-refractivity contribution >= 4 is 21.4 Å². The van der Waals surface area contributed by atoms with Crippen LogP contribution in [0.4, 0.5) is 0 Å². The predicted octanol–water partition coefficient (Wildman–Crippen LogP) is 1.49. The summed E-state index contributed by atoms with van der Waals surface area (Å²) in [5.74, 6) is 0. The fourth-order valence-corrected chi connectivity index (χ4v) is 3.32. The van der Waals surface area contributed by atoms with Gasteiger partial charge in [-0.3, -0.25) is 0 Å². The molecule has 2 aromatic heterocycles. The lowest BCUT2D eigenvalue weighted by Gasteiger charge is -2.00. The molecule has 0 atom stereocenters. The quantitative estimate of drug-likeness (QED) is 0.782. The van der Waals surface area contributed by atoms with Crippen molar-refractivity contribution in [1.82, 2.24) is 8.96 Å². The molecule has 0 unspecified atom stereocenters. The molecule has 0 aliphatic rings. The van der Waals surface area contributed by atoms with Crippen LogP contribution in [0.3, 0.4) is 0 Å². The fraction of sp³-hybridized carbons (Fsp3) is 0.125. The Hall–Kier alpha value is -1.14. The average Bonchev–Trinajstić information content (AvgIpc) is 2.72. The minimum Gasteiger partial charge on any atom is -0.241 e. The number of rotatable bonds is 2. The Kier molecular flexibility index (Phi) is 2.16. The van der Waals surface area contributed by atoms with Gasteiger partial charge < -0.3 is 0 Å². The van der Waals surface area contributed by atoms with Gasteiger partial charge in [0.1, 0.15) is 10.5 Å². The van der Waals surface area contributed by atoms with Gasteiger partial charge in [0.15, 0.2) is 0 Å².